The van der Waals surface area contributed by atoms with Crippen LogP contribution in [-0.4, -0.2) is 27.1 Å². The maximum atomic E-state index is 12.6. The van der Waals surface area contributed by atoms with Gasteiger partial charge in [-0.15, -0.1) is 0 Å². The molecule has 120 valence electrons. The molecule has 1 unspecified atom stereocenters. The number of hydrogen-bond acceptors (Lipinski definition) is 5. The van der Waals surface area contributed by atoms with E-state index in [1.165, 1.54) is 11.8 Å². The van der Waals surface area contributed by atoms with Crippen molar-refractivity contribution in [3.05, 3.63) is 83.9 Å². The molecule has 0 saturated carbocycles. The van der Waals surface area contributed by atoms with Crippen molar-refractivity contribution in [3.8, 4) is 0 Å². The van der Waals surface area contributed by atoms with E-state index in [2.05, 4.69) is 20.3 Å². The van der Waals surface area contributed by atoms with Crippen molar-refractivity contribution in [2.75, 3.05) is 6.26 Å². The minimum Gasteiger partial charge on any atom is -0.341 e. The van der Waals surface area contributed by atoms with Gasteiger partial charge in [0.25, 0.3) is 5.91 Å². The normalized spacial score (nSPS) is 11.7. The molecule has 6 heteroatoms. The van der Waals surface area contributed by atoms with Crippen LogP contribution in [0.25, 0.3) is 0 Å². The van der Waals surface area contributed by atoms with Gasteiger partial charge in [0, 0.05) is 24.8 Å². The summed E-state index contributed by atoms with van der Waals surface area (Å²) < 4.78 is 0. The summed E-state index contributed by atoms with van der Waals surface area (Å²) in [5.74, 6) is -0.222. The summed E-state index contributed by atoms with van der Waals surface area (Å²) in [5, 5.41) is 3.68. The van der Waals surface area contributed by atoms with Gasteiger partial charge in [-0.05, 0) is 23.4 Å². The number of pyridine rings is 1. The molecular weight excluding hydrogens is 320 g/mol. The Labute approximate surface area is 144 Å². The fourth-order valence-electron chi connectivity index (χ4n) is 2.30. The molecule has 0 bridgehead atoms. The zero-order chi connectivity index (χ0) is 16.8. The first-order chi connectivity index (χ1) is 11.8. The molecule has 0 aliphatic carbocycles. The Morgan fingerprint density at radius 1 is 1.00 bits per heavy atom. The van der Waals surface area contributed by atoms with E-state index in [-0.39, 0.29) is 11.9 Å². The molecule has 3 aromatic rings. The summed E-state index contributed by atoms with van der Waals surface area (Å²) in [6.45, 7) is 0. The molecule has 0 fully saturated rings. The molecule has 24 heavy (non-hydrogen) atoms. The number of thioether (sulfide) groups is 1. The summed E-state index contributed by atoms with van der Waals surface area (Å²) in [5.41, 5.74) is 2.33. The van der Waals surface area contributed by atoms with E-state index >= 15 is 0 Å². The third-order valence-corrected chi connectivity index (χ3v) is 4.07. The van der Waals surface area contributed by atoms with Crippen LogP contribution in [0.15, 0.2) is 72.4 Å². The predicted molar refractivity (Wildman–Crippen MR) is 93.8 cm³/mol. The maximum absolute atomic E-state index is 12.6. The SMILES string of the molecule is CSc1ncc(C(=O)NC(c2ccccc2)c2cccnc2)cn1. The highest BCUT2D eigenvalue weighted by Gasteiger charge is 2.18. The first-order valence-corrected chi connectivity index (χ1v) is 8.62. The van der Waals surface area contributed by atoms with Crippen LogP contribution >= 0.6 is 11.8 Å². The lowest BCUT2D eigenvalue weighted by Crippen LogP contribution is -2.29. The average Bonchev–Trinajstić information content (AvgIpc) is 2.67. The Morgan fingerprint density at radius 3 is 2.33 bits per heavy atom. The predicted octanol–water partition coefficient (Wildman–Crippen LogP) is 3.11. The summed E-state index contributed by atoms with van der Waals surface area (Å²) in [6, 6.07) is 13.3. The van der Waals surface area contributed by atoms with E-state index in [0.717, 1.165) is 11.1 Å². The smallest absolute Gasteiger partial charge is 0.255 e. The van der Waals surface area contributed by atoms with Gasteiger partial charge in [-0.1, -0.05) is 48.2 Å². The second-order valence-corrected chi connectivity index (χ2v) is 5.84. The molecule has 0 saturated heterocycles. The molecule has 2 heterocycles. The van der Waals surface area contributed by atoms with Crippen LogP contribution in [0.1, 0.15) is 27.5 Å². The number of amides is 1. The lowest BCUT2D eigenvalue weighted by molar-refractivity contribution is 0.0942. The Bertz CT molecular complexity index is 755. The molecule has 1 aromatic carbocycles. The average molecular weight is 336 g/mol. The van der Waals surface area contributed by atoms with Crippen molar-refractivity contribution in [3.63, 3.8) is 0 Å². The van der Waals surface area contributed by atoms with Crippen LogP contribution in [-0.2, 0) is 0 Å². The van der Waals surface area contributed by atoms with Gasteiger partial charge >= 0.3 is 0 Å². The van der Waals surface area contributed by atoms with Crippen LogP contribution in [0.2, 0.25) is 0 Å². The summed E-state index contributed by atoms with van der Waals surface area (Å²) >= 11 is 1.43. The Kier molecular flexibility index (Phi) is 5.18. The van der Waals surface area contributed by atoms with Crippen LogP contribution in [0.5, 0.6) is 0 Å². The summed E-state index contributed by atoms with van der Waals surface area (Å²) in [6.07, 6.45) is 8.44. The van der Waals surface area contributed by atoms with Gasteiger partial charge in [-0.25, -0.2) is 9.97 Å². The molecule has 0 aliphatic heterocycles. The summed E-state index contributed by atoms with van der Waals surface area (Å²) in [4.78, 5) is 25.0. The standard InChI is InChI=1S/C18H16N4OS/c1-24-18-20-11-15(12-21-18)17(23)22-16(13-6-3-2-4-7-13)14-8-5-9-19-10-14/h2-12,16H,1H3,(H,22,23). The van der Waals surface area contributed by atoms with Gasteiger partial charge in [0.2, 0.25) is 0 Å². The van der Waals surface area contributed by atoms with Gasteiger partial charge in [-0.2, -0.15) is 0 Å². The van der Waals surface area contributed by atoms with Crippen molar-refractivity contribution in [2.45, 2.75) is 11.2 Å². The number of aromatic nitrogens is 3. The first kappa shape index (κ1) is 16.1. The number of rotatable bonds is 5. The molecule has 1 atom stereocenters. The van der Waals surface area contributed by atoms with Gasteiger partial charge in [0.15, 0.2) is 5.16 Å². The lowest BCUT2D eigenvalue weighted by Gasteiger charge is -2.19. The second kappa shape index (κ2) is 7.70. The van der Waals surface area contributed by atoms with E-state index < -0.39 is 0 Å². The number of benzene rings is 1. The minimum atomic E-state index is -0.285. The third kappa shape index (κ3) is 3.78. The highest BCUT2D eigenvalue weighted by molar-refractivity contribution is 7.98. The highest BCUT2D eigenvalue weighted by atomic mass is 32.2. The molecule has 0 spiro atoms. The number of nitrogens with zero attached hydrogens (tertiary/aromatic N) is 3. The molecule has 2 aromatic heterocycles. The highest BCUT2D eigenvalue weighted by Crippen LogP contribution is 2.21. The Balaban J connectivity index is 1.87. The van der Waals surface area contributed by atoms with E-state index in [1.54, 1.807) is 24.8 Å². The lowest BCUT2D eigenvalue weighted by atomic mass is 10.00. The molecule has 0 aliphatic rings. The molecule has 3 rings (SSSR count). The topological polar surface area (TPSA) is 67.8 Å². The monoisotopic (exact) mass is 336 g/mol. The van der Waals surface area contributed by atoms with Crippen molar-refractivity contribution in [1.29, 1.82) is 0 Å². The Hall–Kier alpha value is -2.73. The molecule has 0 radical (unpaired) electrons. The minimum absolute atomic E-state index is 0.222. The molecule has 1 amide bonds. The zero-order valence-electron chi connectivity index (χ0n) is 13.1. The van der Waals surface area contributed by atoms with E-state index in [1.807, 2.05) is 48.7 Å². The quantitative estimate of drug-likeness (QED) is 0.573. The van der Waals surface area contributed by atoms with Crippen LogP contribution in [0.4, 0.5) is 0 Å². The van der Waals surface area contributed by atoms with E-state index in [0.29, 0.717) is 10.7 Å². The number of carbonyl (C=O) groups is 1. The maximum Gasteiger partial charge on any atom is 0.255 e. The molecule has 1 N–H and O–H groups in total. The zero-order valence-corrected chi connectivity index (χ0v) is 13.9. The summed E-state index contributed by atoms with van der Waals surface area (Å²) in [7, 11) is 0. The van der Waals surface area contributed by atoms with Crippen LogP contribution < -0.4 is 5.32 Å². The number of carbonyl (C=O) groups excluding carboxylic acids is 1. The van der Waals surface area contributed by atoms with Crippen LogP contribution in [0, 0.1) is 0 Å². The van der Waals surface area contributed by atoms with Gasteiger partial charge < -0.3 is 5.32 Å². The number of nitrogens with one attached hydrogen (secondary N) is 1. The van der Waals surface area contributed by atoms with E-state index in [9.17, 15) is 4.79 Å². The third-order valence-electron chi connectivity index (χ3n) is 3.50. The van der Waals surface area contributed by atoms with Crippen molar-refractivity contribution in [1.82, 2.24) is 20.3 Å². The second-order valence-electron chi connectivity index (χ2n) is 5.06. The molecular formula is C18H16N4OS. The van der Waals surface area contributed by atoms with Crippen LogP contribution in [0.3, 0.4) is 0 Å². The first-order valence-electron chi connectivity index (χ1n) is 7.39. The van der Waals surface area contributed by atoms with E-state index in [4.69, 9.17) is 0 Å². The number of hydrogen-bond donors (Lipinski definition) is 1. The fraction of sp³-hybridized carbons (Fsp3) is 0.111. The van der Waals surface area contributed by atoms with Gasteiger partial charge in [0.1, 0.15) is 0 Å². The molecule has 5 nitrogen and oxygen atoms in total. The van der Waals surface area contributed by atoms with Gasteiger partial charge in [-0.3, -0.25) is 9.78 Å². The van der Waals surface area contributed by atoms with Crippen molar-refractivity contribution >= 4 is 17.7 Å². The largest absolute Gasteiger partial charge is 0.341 e. The Morgan fingerprint density at radius 2 is 1.71 bits per heavy atom. The van der Waals surface area contributed by atoms with Gasteiger partial charge in [0.05, 0.1) is 11.6 Å². The van der Waals surface area contributed by atoms with Crippen molar-refractivity contribution < 1.29 is 4.79 Å². The van der Waals surface area contributed by atoms with Crippen molar-refractivity contribution in [2.24, 2.45) is 0 Å². The fourth-order valence-corrected chi connectivity index (χ4v) is 2.62.